The highest BCUT2D eigenvalue weighted by Gasteiger charge is 2.26. The molecule has 0 radical (unpaired) electrons. The number of benzene rings is 1. The summed E-state index contributed by atoms with van der Waals surface area (Å²) in [5.41, 5.74) is 6.98. The highest BCUT2D eigenvalue weighted by molar-refractivity contribution is 5.95. The maximum Gasteiger partial charge on any atom is 0.253 e. The zero-order chi connectivity index (χ0) is 15.4. The summed E-state index contributed by atoms with van der Waals surface area (Å²) in [6, 6.07) is 5.17. The van der Waals surface area contributed by atoms with Crippen molar-refractivity contribution in [3.8, 4) is 5.75 Å². The average Bonchev–Trinajstić information content (AvgIpc) is 2.49. The number of aliphatic hydroxyl groups excluding tert-OH is 1. The van der Waals surface area contributed by atoms with Crippen LogP contribution in [0.1, 0.15) is 37.0 Å². The van der Waals surface area contributed by atoms with E-state index in [9.17, 15) is 9.90 Å². The summed E-state index contributed by atoms with van der Waals surface area (Å²) >= 11 is 0. The number of rotatable bonds is 4. The Morgan fingerprint density at radius 2 is 2.14 bits per heavy atom. The maximum absolute atomic E-state index is 12.5. The number of carbonyl (C=O) groups is 1. The third-order valence-corrected chi connectivity index (χ3v) is 4.07. The predicted octanol–water partition coefficient (Wildman–Crippen LogP) is 1.90. The molecule has 0 spiro atoms. The predicted molar refractivity (Wildman–Crippen MR) is 82.3 cm³/mol. The Morgan fingerprint density at radius 1 is 1.48 bits per heavy atom. The highest BCUT2D eigenvalue weighted by atomic mass is 16.5. The molecule has 1 aromatic carbocycles. The number of nitrogens with zero attached hydrogens (tertiary/aromatic N) is 1. The van der Waals surface area contributed by atoms with Crippen LogP contribution in [-0.2, 0) is 0 Å². The Hall–Kier alpha value is -1.75. The standard InChI is InChI=1S/C16H24N2O3/c1-3-21-15-5-4-13(10-14(15)17)16(20)18-8-6-12(7-9-18)11(2)19/h4-5,10-12,19H,3,6-9,17H2,1-2H3. The smallest absolute Gasteiger partial charge is 0.253 e. The van der Waals surface area contributed by atoms with Gasteiger partial charge in [0, 0.05) is 18.7 Å². The zero-order valence-electron chi connectivity index (χ0n) is 12.7. The maximum atomic E-state index is 12.5. The van der Waals surface area contributed by atoms with Crippen molar-refractivity contribution in [3.63, 3.8) is 0 Å². The van der Waals surface area contributed by atoms with Gasteiger partial charge in [0.2, 0.25) is 0 Å². The van der Waals surface area contributed by atoms with Crippen molar-refractivity contribution in [2.45, 2.75) is 32.8 Å². The van der Waals surface area contributed by atoms with Gasteiger partial charge in [0.15, 0.2) is 0 Å². The quantitative estimate of drug-likeness (QED) is 0.831. The van der Waals surface area contributed by atoms with E-state index >= 15 is 0 Å². The van der Waals surface area contributed by atoms with Crippen molar-refractivity contribution >= 4 is 11.6 Å². The summed E-state index contributed by atoms with van der Waals surface area (Å²) in [5, 5.41) is 9.60. The Balaban J connectivity index is 2.02. The van der Waals surface area contributed by atoms with Gasteiger partial charge in [0.1, 0.15) is 5.75 Å². The van der Waals surface area contributed by atoms with Gasteiger partial charge in [-0.1, -0.05) is 0 Å². The molecule has 0 aromatic heterocycles. The number of ether oxygens (including phenoxy) is 1. The number of hydrogen-bond donors (Lipinski definition) is 2. The molecule has 5 heteroatoms. The molecule has 21 heavy (non-hydrogen) atoms. The number of amides is 1. The molecule has 1 heterocycles. The first kappa shape index (κ1) is 15.6. The van der Waals surface area contributed by atoms with Crippen LogP contribution in [0.5, 0.6) is 5.75 Å². The van der Waals surface area contributed by atoms with Crippen molar-refractivity contribution in [2.24, 2.45) is 5.92 Å². The first-order chi connectivity index (χ1) is 10.0. The molecular formula is C16H24N2O3. The van der Waals surface area contributed by atoms with E-state index in [1.54, 1.807) is 18.2 Å². The van der Waals surface area contributed by atoms with Gasteiger partial charge in [-0.25, -0.2) is 0 Å². The van der Waals surface area contributed by atoms with Crippen LogP contribution in [0, 0.1) is 5.92 Å². The third kappa shape index (κ3) is 3.67. The molecule has 116 valence electrons. The highest BCUT2D eigenvalue weighted by Crippen LogP contribution is 2.25. The monoisotopic (exact) mass is 292 g/mol. The lowest BCUT2D eigenvalue weighted by atomic mass is 9.92. The van der Waals surface area contributed by atoms with E-state index in [1.807, 2.05) is 18.7 Å². The van der Waals surface area contributed by atoms with E-state index in [0.29, 0.717) is 42.6 Å². The van der Waals surface area contributed by atoms with E-state index in [2.05, 4.69) is 0 Å². The number of anilines is 1. The molecule has 0 bridgehead atoms. The number of aliphatic hydroxyl groups is 1. The van der Waals surface area contributed by atoms with Crippen molar-refractivity contribution < 1.29 is 14.6 Å². The van der Waals surface area contributed by atoms with Crippen LogP contribution in [0.4, 0.5) is 5.69 Å². The van der Waals surface area contributed by atoms with Crippen LogP contribution in [0.2, 0.25) is 0 Å². The second-order valence-electron chi connectivity index (χ2n) is 5.56. The summed E-state index contributed by atoms with van der Waals surface area (Å²) in [6.45, 7) is 5.62. The molecule has 0 saturated carbocycles. The first-order valence-corrected chi connectivity index (χ1v) is 7.52. The summed E-state index contributed by atoms with van der Waals surface area (Å²) in [5.74, 6) is 0.898. The van der Waals surface area contributed by atoms with E-state index in [1.165, 1.54) is 0 Å². The van der Waals surface area contributed by atoms with Crippen molar-refractivity contribution in [1.82, 2.24) is 4.90 Å². The minimum Gasteiger partial charge on any atom is -0.492 e. The van der Waals surface area contributed by atoms with Crippen molar-refractivity contribution in [1.29, 1.82) is 0 Å². The lowest BCUT2D eigenvalue weighted by Crippen LogP contribution is -2.40. The molecule has 3 N–H and O–H groups in total. The molecule has 1 unspecified atom stereocenters. The van der Waals surface area contributed by atoms with Crippen LogP contribution >= 0.6 is 0 Å². The fraction of sp³-hybridized carbons (Fsp3) is 0.562. The fourth-order valence-corrected chi connectivity index (χ4v) is 2.74. The van der Waals surface area contributed by atoms with Gasteiger partial charge in [0.25, 0.3) is 5.91 Å². The summed E-state index contributed by atoms with van der Waals surface area (Å²) < 4.78 is 5.38. The van der Waals surface area contributed by atoms with Gasteiger partial charge in [-0.15, -0.1) is 0 Å². The Bertz CT molecular complexity index is 494. The minimum atomic E-state index is -0.302. The lowest BCUT2D eigenvalue weighted by Gasteiger charge is -2.33. The van der Waals surface area contributed by atoms with E-state index < -0.39 is 0 Å². The molecule has 1 amide bonds. The molecule has 2 rings (SSSR count). The summed E-state index contributed by atoms with van der Waals surface area (Å²) in [6.07, 6.45) is 1.38. The van der Waals surface area contributed by atoms with E-state index in [-0.39, 0.29) is 12.0 Å². The third-order valence-electron chi connectivity index (χ3n) is 4.07. The van der Waals surface area contributed by atoms with Gasteiger partial charge in [-0.2, -0.15) is 0 Å². The molecule has 0 aliphatic carbocycles. The molecule has 1 aliphatic rings. The van der Waals surface area contributed by atoms with Crippen LogP contribution in [-0.4, -0.2) is 41.7 Å². The Kier molecular flexibility index (Phi) is 5.07. The lowest BCUT2D eigenvalue weighted by molar-refractivity contribution is 0.0521. The van der Waals surface area contributed by atoms with Crippen molar-refractivity contribution in [3.05, 3.63) is 23.8 Å². The second-order valence-corrected chi connectivity index (χ2v) is 5.56. The first-order valence-electron chi connectivity index (χ1n) is 7.52. The molecule has 1 aliphatic heterocycles. The number of hydrogen-bond acceptors (Lipinski definition) is 4. The largest absolute Gasteiger partial charge is 0.492 e. The van der Waals surface area contributed by atoms with E-state index in [4.69, 9.17) is 10.5 Å². The molecule has 1 fully saturated rings. The average molecular weight is 292 g/mol. The molecule has 5 nitrogen and oxygen atoms in total. The molecule has 1 saturated heterocycles. The second kappa shape index (κ2) is 6.80. The SMILES string of the molecule is CCOc1ccc(C(=O)N2CCC(C(C)O)CC2)cc1N. The van der Waals surface area contributed by atoms with Crippen LogP contribution in [0.15, 0.2) is 18.2 Å². The molecular weight excluding hydrogens is 268 g/mol. The number of nitrogen functional groups attached to an aromatic ring is 1. The number of carbonyl (C=O) groups excluding carboxylic acids is 1. The number of nitrogens with two attached hydrogens (primary N) is 1. The van der Waals surface area contributed by atoms with Gasteiger partial charge >= 0.3 is 0 Å². The zero-order valence-corrected chi connectivity index (χ0v) is 12.7. The molecule has 1 aromatic rings. The molecule has 1 atom stereocenters. The Labute approximate surface area is 125 Å². The van der Waals surface area contributed by atoms with Gasteiger partial charge in [0.05, 0.1) is 18.4 Å². The number of piperidine rings is 1. The van der Waals surface area contributed by atoms with Crippen molar-refractivity contribution in [2.75, 3.05) is 25.4 Å². The topological polar surface area (TPSA) is 75.8 Å². The van der Waals surface area contributed by atoms with Gasteiger partial charge < -0.3 is 20.5 Å². The summed E-state index contributed by atoms with van der Waals surface area (Å²) in [7, 11) is 0. The van der Waals surface area contributed by atoms with Crippen LogP contribution in [0.3, 0.4) is 0 Å². The van der Waals surface area contributed by atoms with Gasteiger partial charge in [-0.05, 0) is 50.8 Å². The van der Waals surface area contributed by atoms with Crippen LogP contribution in [0.25, 0.3) is 0 Å². The Morgan fingerprint density at radius 3 is 2.67 bits per heavy atom. The normalized spacial score (nSPS) is 17.6. The number of likely N-dealkylation sites (tertiary alicyclic amines) is 1. The fourth-order valence-electron chi connectivity index (χ4n) is 2.74. The van der Waals surface area contributed by atoms with Crippen LogP contribution < -0.4 is 10.5 Å². The minimum absolute atomic E-state index is 0.00575. The summed E-state index contributed by atoms with van der Waals surface area (Å²) in [4.78, 5) is 14.3. The van der Waals surface area contributed by atoms with Gasteiger partial charge in [-0.3, -0.25) is 4.79 Å². The van der Waals surface area contributed by atoms with E-state index in [0.717, 1.165) is 12.8 Å².